The minimum atomic E-state index is -4.89. The van der Waals surface area contributed by atoms with Crippen LogP contribution in [0.4, 0.5) is 41.9 Å². The SMILES string of the molecule is Cc1ccc(S(=O)(=O)NC(=O)Nc2ccc(Cc3ccc(N4C(=O)Nc5ccc(cc5)Cc5ccc(cc5)NC(=O)N(S(=O)(=O)c5ccc(C)cc5)C4=O)cc3)cc2)cc1. The van der Waals surface area contributed by atoms with Gasteiger partial charge in [-0.3, -0.25) is 0 Å². The van der Waals surface area contributed by atoms with Crippen LogP contribution in [0.15, 0.2) is 155 Å². The Morgan fingerprint density at radius 3 is 1.57 bits per heavy atom. The van der Waals surface area contributed by atoms with Crippen LogP contribution in [0.3, 0.4) is 0 Å². The quantitative estimate of drug-likeness (QED) is 0.117. The molecular formula is C44H38N6O8S2. The molecule has 8 amide bonds. The van der Waals surface area contributed by atoms with Gasteiger partial charge in [0.2, 0.25) is 0 Å². The molecule has 60 heavy (non-hydrogen) atoms. The maximum absolute atomic E-state index is 14.6. The number of benzene rings is 6. The number of aryl methyl sites for hydroxylation is 2. The molecule has 0 aromatic heterocycles. The fourth-order valence-electron chi connectivity index (χ4n) is 6.28. The number of sulfonamides is 2. The summed E-state index contributed by atoms with van der Waals surface area (Å²) in [4.78, 5) is 55.3. The molecule has 16 heteroatoms. The van der Waals surface area contributed by atoms with Crippen LogP contribution in [0, 0.1) is 13.8 Å². The molecule has 3 aliphatic rings. The molecule has 3 heterocycles. The third-order valence-electron chi connectivity index (χ3n) is 9.50. The second-order valence-electron chi connectivity index (χ2n) is 14.0. The summed E-state index contributed by atoms with van der Waals surface area (Å²) in [5, 5.41) is 7.68. The maximum Gasteiger partial charge on any atom is 0.355 e. The molecule has 6 aromatic rings. The summed E-state index contributed by atoms with van der Waals surface area (Å²) in [7, 11) is -8.98. The van der Waals surface area contributed by atoms with Gasteiger partial charge in [-0.05, 0) is 122 Å². The van der Waals surface area contributed by atoms with Crippen LogP contribution in [0.25, 0.3) is 0 Å². The Morgan fingerprint density at radius 2 is 1.05 bits per heavy atom. The smallest absolute Gasteiger partial charge is 0.307 e. The first-order valence-corrected chi connectivity index (χ1v) is 21.4. The molecular weight excluding hydrogens is 805 g/mol. The van der Waals surface area contributed by atoms with Crippen LogP contribution in [0.5, 0.6) is 0 Å². The molecule has 4 bridgehead atoms. The van der Waals surface area contributed by atoms with Crippen molar-refractivity contribution in [1.82, 2.24) is 9.03 Å². The third-order valence-corrected chi connectivity index (χ3v) is 12.5. The lowest BCUT2D eigenvalue weighted by molar-refractivity contribution is 0.217. The molecule has 0 saturated heterocycles. The zero-order valence-electron chi connectivity index (χ0n) is 32.2. The van der Waals surface area contributed by atoms with E-state index in [9.17, 15) is 36.0 Å². The lowest BCUT2D eigenvalue weighted by atomic mass is 10.0. The summed E-state index contributed by atoms with van der Waals surface area (Å²) in [5.41, 5.74) is 5.83. The number of rotatable bonds is 8. The number of carbonyl (C=O) groups excluding carboxylic acids is 4. The second kappa shape index (κ2) is 16.9. The van der Waals surface area contributed by atoms with E-state index in [1.54, 1.807) is 91.9 Å². The van der Waals surface area contributed by atoms with Crippen molar-refractivity contribution in [1.29, 1.82) is 0 Å². The molecule has 0 radical (unpaired) electrons. The van der Waals surface area contributed by atoms with Gasteiger partial charge >= 0.3 is 24.1 Å². The van der Waals surface area contributed by atoms with E-state index in [2.05, 4.69) is 16.0 Å². The standard InChI is InChI=1S/C44H38N6O8S2/c1-29-3-23-39(24-4-29)59(55,56)48-41(51)45-35-15-7-31(8-16-35)28-34-13-21-38(22-14-34)49-42(52)46-36-17-9-32(10-18-36)27-33-11-19-37(20-12-33)47-43(53)50(44(49)54)60(57,58)40-25-5-30(2)6-26-40/h3-26H,27-28H2,1-2H3,(H,46,52)(H,47,53)(H2,45,48,51). The first-order chi connectivity index (χ1) is 28.6. The number of hydrogen-bond donors (Lipinski definition) is 4. The lowest BCUT2D eigenvalue weighted by Gasteiger charge is -2.28. The normalized spacial score (nSPS) is 13.5. The molecule has 0 saturated carbocycles. The van der Waals surface area contributed by atoms with E-state index in [0.717, 1.165) is 33.4 Å². The van der Waals surface area contributed by atoms with E-state index in [1.165, 1.54) is 48.5 Å². The van der Waals surface area contributed by atoms with E-state index in [0.29, 0.717) is 29.1 Å². The number of nitrogens with one attached hydrogen (secondary N) is 4. The summed E-state index contributed by atoms with van der Waals surface area (Å²) in [6.45, 7) is 3.57. The van der Waals surface area contributed by atoms with Crippen molar-refractivity contribution in [3.05, 3.63) is 179 Å². The summed E-state index contributed by atoms with van der Waals surface area (Å²) >= 11 is 0. The number of hydrogen-bond acceptors (Lipinski definition) is 8. The highest BCUT2D eigenvalue weighted by atomic mass is 32.2. The van der Waals surface area contributed by atoms with E-state index in [1.807, 2.05) is 23.8 Å². The molecule has 6 aromatic carbocycles. The van der Waals surface area contributed by atoms with Gasteiger partial charge in [0, 0.05) is 17.1 Å². The topological polar surface area (TPSA) is 191 Å². The molecule has 9 rings (SSSR count). The fraction of sp³-hybridized carbons (Fsp3) is 0.0909. The van der Waals surface area contributed by atoms with Crippen LogP contribution in [-0.4, -0.2) is 45.3 Å². The molecule has 0 aliphatic carbocycles. The van der Waals surface area contributed by atoms with Crippen molar-refractivity contribution in [2.45, 2.75) is 36.5 Å². The third kappa shape index (κ3) is 9.36. The molecule has 14 nitrogen and oxygen atoms in total. The van der Waals surface area contributed by atoms with Crippen LogP contribution >= 0.6 is 0 Å². The molecule has 0 fully saturated rings. The van der Waals surface area contributed by atoms with Crippen LogP contribution < -0.4 is 25.6 Å². The number of amides is 8. The minimum Gasteiger partial charge on any atom is -0.307 e. The van der Waals surface area contributed by atoms with Gasteiger partial charge in [-0.1, -0.05) is 83.9 Å². The highest BCUT2D eigenvalue weighted by molar-refractivity contribution is 7.90. The Hall–Kier alpha value is -7.30. The maximum atomic E-state index is 14.6. The van der Waals surface area contributed by atoms with Crippen molar-refractivity contribution in [3.63, 3.8) is 0 Å². The van der Waals surface area contributed by atoms with Crippen molar-refractivity contribution < 1.29 is 36.0 Å². The Labute approximate surface area is 347 Å². The summed E-state index contributed by atoms with van der Waals surface area (Å²) in [6.07, 6.45) is 0.906. The van der Waals surface area contributed by atoms with Gasteiger partial charge in [0.1, 0.15) is 0 Å². The summed E-state index contributed by atoms with van der Waals surface area (Å²) in [5.74, 6) is 0. The monoisotopic (exact) mass is 842 g/mol. The van der Waals surface area contributed by atoms with E-state index >= 15 is 0 Å². The molecule has 4 N–H and O–H groups in total. The minimum absolute atomic E-state index is 0.0357. The lowest BCUT2D eigenvalue weighted by Crippen LogP contribution is -2.53. The Balaban J connectivity index is 1.15. The predicted octanol–water partition coefficient (Wildman–Crippen LogP) is 8.39. The zero-order valence-corrected chi connectivity index (χ0v) is 33.9. The summed E-state index contributed by atoms with van der Waals surface area (Å²) in [6, 6.07) is 33.5. The molecule has 3 aliphatic heterocycles. The highest BCUT2D eigenvalue weighted by Crippen LogP contribution is 2.27. The first-order valence-electron chi connectivity index (χ1n) is 18.5. The zero-order chi connectivity index (χ0) is 42.6. The van der Waals surface area contributed by atoms with E-state index < -0.39 is 44.2 Å². The molecule has 0 spiro atoms. The largest absolute Gasteiger partial charge is 0.355 e. The highest BCUT2D eigenvalue weighted by Gasteiger charge is 2.41. The fourth-order valence-corrected chi connectivity index (χ4v) is 8.43. The van der Waals surface area contributed by atoms with Crippen molar-refractivity contribution >= 4 is 66.9 Å². The first kappa shape index (κ1) is 40.9. The van der Waals surface area contributed by atoms with Gasteiger partial charge in [0.15, 0.2) is 0 Å². The van der Waals surface area contributed by atoms with Crippen LogP contribution in [-0.2, 0) is 32.9 Å². The number of fused-ring (bicyclic) bond motifs is 2. The van der Waals surface area contributed by atoms with Crippen molar-refractivity contribution in [2.75, 3.05) is 20.9 Å². The Kier molecular flexibility index (Phi) is 11.5. The van der Waals surface area contributed by atoms with Gasteiger partial charge < -0.3 is 16.0 Å². The Morgan fingerprint density at radius 1 is 0.583 bits per heavy atom. The van der Waals surface area contributed by atoms with Crippen LogP contribution in [0.1, 0.15) is 33.4 Å². The average molecular weight is 843 g/mol. The van der Waals surface area contributed by atoms with Gasteiger partial charge in [-0.25, -0.2) is 45.6 Å². The Bertz CT molecular complexity index is 2800. The number of anilines is 4. The van der Waals surface area contributed by atoms with Gasteiger partial charge in [0.05, 0.1) is 15.5 Å². The molecule has 0 unspecified atom stereocenters. The molecule has 0 atom stereocenters. The van der Waals surface area contributed by atoms with Crippen LogP contribution in [0.2, 0.25) is 0 Å². The van der Waals surface area contributed by atoms with Gasteiger partial charge in [-0.15, -0.1) is 4.31 Å². The number of carbonyl (C=O) groups is 4. The predicted molar refractivity (Wildman–Crippen MR) is 228 cm³/mol. The van der Waals surface area contributed by atoms with E-state index in [-0.39, 0.29) is 25.5 Å². The van der Waals surface area contributed by atoms with E-state index in [4.69, 9.17) is 0 Å². The number of nitrogens with zero attached hydrogens (tertiary/aromatic N) is 2. The number of urea groups is 4. The van der Waals surface area contributed by atoms with Crippen molar-refractivity contribution in [2.24, 2.45) is 0 Å². The van der Waals surface area contributed by atoms with Gasteiger partial charge in [-0.2, -0.15) is 0 Å². The second-order valence-corrected chi connectivity index (χ2v) is 17.5. The van der Waals surface area contributed by atoms with Crippen molar-refractivity contribution in [3.8, 4) is 0 Å². The molecule has 304 valence electrons. The average Bonchev–Trinajstić information content (AvgIpc) is 3.20. The summed E-state index contributed by atoms with van der Waals surface area (Å²) < 4.78 is 55.7. The van der Waals surface area contributed by atoms with Gasteiger partial charge in [0.25, 0.3) is 20.0 Å². The number of imide groups is 2.